The van der Waals surface area contributed by atoms with Crippen LogP contribution in [0.5, 0.6) is 0 Å². The fourth-order valence-corrected chi connectivity index (χ4v) is 4.08. The molecular formula is C16H16ClN3O4. The van der Waals surface area contributed by atoms with E-state index in [1.165, 1.54) is 4.90 Å². The molecule has 0 saturated carbocycles. The monoisotopic (exact) mass is 349 g/mol. The number of amides is 1. The minimum atomic E-state index is -0.985. The van der Waals surface area contributed by atoms with Crippen LogP contribution in [-0.4, -0.2) is 57.1 Å². The van der Waals surface area contributed by atoms with Crippen molar-refractivity contribution in [2.24, 2.45) is 5.41 Å². The normalized spacial score (nSPS) is 22.5. The zero-order valence-corrected chi connectivity index (χ0v) is 13.6. The summed E-state index contributed by atoms with van der Waals surface area (Å²) in [6.07, 6.45) is 2.99. The largest absolute Gasteiger partial charge is 0.480 e. The maximum atomic E-state index is 12.9. The molecular weight excluding hydrogens is 334 g/mol. The first kappa shape index (κ1) is 15.4. The summed E-state index contributed by atoms with van der Waals surface area (Å²) in [7, 11) is 0. The van der Waals surface area contributed by atoms with Gasteiger partial charge in [-0.05, 0) is 25.0 Å². The number of carboxylic acids is 1. The summed E-state index contributed by atoms with van der Waals surface area (Å²) in [5.74, 6) is -1.38. The molecule has 1 N–H and O–H groups in total. The standard InChI is InChI=1S/C16H16ClN3O4/c17-13-11(19-6-2-1-3-10(19)18-13)14(21)20-9-16(12(20)15(22)23)4-7-24-8-5-16/h1-3,6,12H,4-5,7-9H2,(H,22,23). The second-order valence-electron chi connectivity index (χ2n) is 6.33. The lowest BCUT2D eigenvalue weighted by molar-refractivity contribution is -0.169. The van der Waals surface area contributed by atoms with Gasteiger partial charge in [-0.3, -0.25) is 9.20 Å². The average Bonchev–Trinajstić information content (AvgIpc) is 2.88. The van der Waals surface area contributed by atoms with Crippen molar-refractivity contribution in [2.45, 2.75) is 18.9 Å². The Hall–Kier alpha value is -2.12. The first-order valence-electron chi connectivity index (χ1n) is 7.78. The summed E-state index contributed by atoms with van der Waals surface area (Å²) in [4.78, 5) is 30.3. The second kappa shape index (κ2) is 5.46. The van der Waals surface area contributed by atoms with Crippen LogP contribution in [0.15, 0.2) is 24.4 Å². The summed E-state index contributed by atoms with van der Waals surface area (Å²) in [6.45, 7) is 1.47. The Morgan fingerprint density at radius 2 is 2.08 bits per heavy atom. The van der Waals surface area contributed by atoms with E-state index in [0.29, 0.717) is 38.2 Å². The molecule has 0 radical (unpaired) electrons. The molecule has 2 fully saturated rings. The predicted molar refractivity (Wildman–Crippen MR) is 85.1 cm³/mol. The number of aliphatic carboxylic acids is 1. The van der Waals surface area contributed by atoms with Crippen LogP contribution in [0, 0.1) is 5.41 Å². The number of ether oxygens (including phenoxy) is 1. The third-order valence-electron chi connectivity index (χ3n) is 5.05. The highest BCUT2D eigenvalue weighted by molar-refractivity contribution is 6.32. The Balaban J connectivity index is 1.69. The van der Waals surface area contributed by atoms with Gasteiger partial charge in [-0.2, -0.15) is 0 Å². The van der Waals surface area contributed by atoms with Crippen molar-refractivity contribution in [1.29, 1.82) is 0 Å². The second-order valence-corrected chi connectivity index (χ2v) is 6.69. The molecule has 1 amide bonds. The number of halogens is 1. The zero-order valence-electron chi connectivity index (χ0n) is 12.8. The fourth-order valence-electron chi connectivity index (χ4n) is 3.82. The van der Waals surface area contributed by atoms with E-state index in [-0.39, 0.29) is 10.8 Å². The minimum absolute atomic E-state index is 0.0864. The molecule has 4 rings (SSSR count). The van der Waals surface area contributed by atoms with Crippen LogP contribution in [0.25, 0.3) is 5.65 Å². The number of imidazole rings is 1. The third-order valence-corrected chi connectivity index (χ3v) is 5.31. The average molecular weight is 350 g/mol. The minimum Gasteiger partial charge on any atom is -0.480 e. The molecule has 24 heavy (non-hydrogen) atoms. The van der Waals surface area contributed by atoms with E-state index in [9.17, 15) is 14.7 Å². The van der Waals surface area contributed by atoms with E-state index in [0.717, 1.165) is 0 Å². The Labute approximate surface area is 142 Å². The van der Waals surface area contributed by atoms with Crippen LogP contribution < -0.4 is 0 Å². The van der Waals surface area contributed by atoms with Gasteiger partial charge in [-0.25, -0.2) is 9.78 Å². The molecule has 0 aromatic carbocycles. The molecule has 2 aliphatic rings. The molecule has 7 nitrogen and oxygen atoms in total. The Kier molecular flexibility index (Phi) is 3.51. The summed E-state index contributed by atoms with van der Waals surface area (Å²) < 4.78 is 6.94. The van der Waals surface area contributed by atoms with Crippen molar-refractivity contribution in [3.05, 3.63) is 35.2 Å². The van der Waals surface area contributed by atoms with Crippen LogP contribution in [0.4, 0.5) is 0 Å². The van der Waals surface area contributed by atoms with Crippen LogP contribution >= 0.6 is 11.6 Å². The number of fused-ring (bicyclic) bond motifs is 1. The lowest BCUT2D eigenvalue weighted by Crippen LogP contribution is -2.70. The van der Waals surface area contributed by atoms with Crippen LogP contribution in [0.3, 0.4) is 0 Å². The van der Waals surface area contributed by atoms with E-state index in [4.69, 9.17) is 16.3 Å². The molecule has 1 spiro atoms. The molecule has 0 aliphatic carbocycles. The lowest BCUT2D eigenvalue weighted by Gasteiger charge is -2.56. The van der Waals surface area contributed by atoms with E-state index < -0.39 is 23.3 Å². The van der Waals surface area contributed by atoms with Gasteiger partial charge < -0.3 is 14.7 Å². The number of likely N-dealkylation sites (tertiary alicyclic amines) is 1. The topological polar surface area (TPSA) is 84.1 Å². The Morgan fingerprint density at radius 1 is 1.33 bits per heavy atom. The van der Waals surface area contributed by atoms with Crippen molar-refractivity contribution in [2.75, 3.05) is 19.8 Å². The van der Waals surface area contributed by atoms with Crippen LogP contribution in [0.2, 0.25) is 5.15 Å². The predicted octanol–water partition coefficient (Wildman–Crippen LogP) is 1.69. The van der Waals surface area contributed by atoms with E-state index in [1.807, 2.05) is 0 Å². The first-order valence-corrected chi connectivity index (χ1v) is 8.15. The highest BCUT2D eigenvalue weighted by Crippen LogP contribution is 2.46. The molecule has 1 atom stereocenters. The molecule has 0 bridgehead atoms. The van der Waals surface area contributed by atoms with Gasteiger partial charge in [0.1, 0.15) is 11.7 Å². The molecule has 8 heteroatoms. The first-order chi connectivity index (χ1) is 11.5. The smallest absolute Gasteiger partial charge is 0.327 e. The number of hydrogen-bond donors (Lipinski definition) is 1. The van der Waals surface area contributed by atoms with Crippen molar-refractivity contribution in [1.82, 2.24) is 14.3 Å². The highest BCUT2D eigenvalue weighted by atomic mass is 35.5. The molecule has 126 valence electrons. The number of pyridine rings is 1. The van der Waals surface area contributed by atoms with Gasteiger partial charge in [0, 0.05) is 31.4 Å². The Morgan fingerprint density at radius 3 is 2.79 bits per heavy atom. The number of aromatic nitrogens is 2. The quantitative estimate of drug-likeness (QED) is 0.892. The van der Waals surface area contributed by atoms with Crippen molar-refractivity contribution in [3.63, 3.8) is 0 Å². The van der Waals surface area contributed by atoms with Gasteiger partial charge in [0.15, 0.2) is 10.8 Å². The maximum absolute atomic E-state index is 12.9. The van der Waals surface area contributed by atoms with Crippen LogP contribution in [-0.2, 0) is 9.53 Å². The van der Waals surface area contributed by atoms with Crippen molar-refractivity contribution < 1.29 is 19.4 Å². The van der Waals surface area contributed by atoms with Crippen LogP contribution in [0.1, 0.15) is 23.3 Å². The molecule has 1 unspecified atom stereocenters. The molecule has 2 aromatic rings. The van der Waals surface area contributed by atoms with Gasteiger partial charge in [0.2, 0.25) is 0 Å². The lowest BCUT2D eigenvalue weighted by atomic mass is 9.66. The van der Waals surface area contributed by atoms with E-state index in [2.05, 4.69) is 4.98 Å². The number of carbonyl (C=O) groups excluding carboxylic acids is 1. The van der Waals surface area contributed by atoms with Gasteiger partial charge in [-0.1, -0.05) is 17.7 Å². The summed E-state index contributed by atoms with van der Waals surface area (Å²) in [5.41, 5.74) is 0.367. The van der Waals surface area contributed by atoms with Crippen molar-refractivity contribution in [3.8, 4) is 0 Å². The number of rotatable bonds is 2. The fraction of sp³-hybridized carbons (Fsp3) is 0.438. The molecule has 4 heterocycles. The Bertz CT molecular complexity index is 828. The number of carboxylic acid groups (broad SMARTS) is 1. The molecule has 2 aliphatic heterocycles. The SMILES string of the molecule is O=C(O)C1N(C(=O)c2c(Cl)nc3ccccn23)CC12CCOCC2. The van der Waals surface area contributed by atoms with Gasteiger partial charge in [0.05, 0.1) is 0 Å². The van der Waals surface area contributed by atoms with Gasteiger partial charge in [-0.15, -0.1) is 0 Å². The molecule has 2 aromatic heterocycles. The number of nitrogens with zero attached hydrogens (tertiary/aromatic N) is 3. The van der Waals surface area contributed by atoms with E-state index >= 15 is 0 Å². The third kappa shape index (κ3) is 2.12. The number of carbonyl (C=O) groups is 2. The van der Waals surface area contributed by atoms with Crippen molar-refractivity contribution >= 4 is 29.1 Å². The number of hydrogen-bond acceptors (Lipinski definition) is 4. The highest BCUT2D eigenvalue weighted by Gasteiger charge is 2.59. The maximum Gasteiger partial charge on any atom is 0.327 e. The van der Waals surface area contributed by atoms with Gasteiger partial charge >= 0.3 is 5.97 Å². The van der Waals surface area contributed by atoms with E-state index in [1.54, 1.807) is 28.8 Å². The molecule has 2 saturated heterocycles. The summed E-state index contributed by atoms with van der Waals surface area (Å²) in [5, 5.41) is 9.75. The summed E-state index contributed by atoms with van der Waals surface area (Å²) >= 11 is 6.15. The van der Waals surface area contributed by atoms with Gasteiger partial charge in [0.25, 0.3) is 5.91 Å². The zero-order chi connectivity index (χ0) is 16.9. The summed E-state index contributed by atoms with van der Waals surface area (Å²) in [6, 6.07) is 4.47.